The molecule has 0 aromatic heterocycles. The number of ether oxygens (including phenoxy) is 1. The Balaban J connectivity index is 0.950. The molecule has 11 rings (SSSR count). The van der Waals surface area contributed by atoms with Crippen LogP contribution in [-0.2, 0) is 69.3 Å². The lowest BCUT2D eigenvalue weighted by Gasteiger charge is -2.14. The minimum absolute atomic E-state index is 0.0455. The van der Waals surface area contributed by atoms with Gasteiger partial charge in [-0.25, -0.2) is 10.5 Å². The molecule has 0 saturated carbocycles. The molecule has 0 aliphatic rings. The van der Waals surface area contributed by atoms with E-state index in [4.69, 9.17) is 15.3 Å². The van der Waals surface area contributed by atoms with E-state index in [-0.39, 0.29) is 124 Å². The van der Waals surface area contributed by atoms with Gasteiger partial charge in [-0.3, -0.25) is 22.8 Å². The molecule has 548 valence electrons. The van der Waals surface area contributed by atoms with Crippen LogP contribution in [0.5, 0.6) is 28.7 Å². The van der Waals surface area contributed by atoms with E-state index >= 15 is 0 Å². The minimum atomic E-state index is -5.35. The second-order valence-electron chi connectivity index (χ2n) is 21.9. The van der Waals surface area contributed by atoms with Crippen LogP contribution in [0.2, 0.25) is 0 Å². The number of rotatable bonds is 27. The Morgan fingerprint density at radius 3 is 1.58 bits per heavy atom. The van der Waals surface area contributed by atoms with E-state index in [2.05, 4.69) is 75.2 Å². The Morgan fingerprint density at radius 1 is 0.425 bits per heavy atom. The lowest BCUT2D eigenvalue weighted by Crippen LogP contribution is -2.00. The number of anilines is 2. The largest absolute Gasteiger partial charge is 0.507 e. The van der Waals surface area contributed by atoms with E-state index in [9.17, 15) is 85.3 Å². The number of phenols is 4. The van der Waals surface area contributed by atoms with E-state index in [1.807, 2.05) is 0 Å². The van der Waals surface area contributed by atoms with Crippen LogP contribution in [0.15, 0.2) is 238 Å². The summed E-state index contributed by atoms with van der Waals surface area (Å²) < 4.78 is 192. The number of benzene rings is 11. The zero-order chi connectivity index (χ0) is 76.2. The third-order valence-electron chi connectivity index (χ3n) is 15.0. The number of fused-ring (bicyclic) bond motifs is 4. The van der Waals surface area contributed by atoms with Crippen molar-refractivity contribution in [2.75, 3.05) is 17.7 Å². The van der Waals surface area contributed by atoms with Crippen LogP contribution in [0.4, 0.5) is 68.2 Å². The Bertz CT molecular complexity index is 6160. The maximum absolute atomic E-state index is 13.4. The van der Waals surface area contributed by atoms with Gasteiger partial charge in [-0.1, -0.05) is 40.4 Å². The van der Waals surface area contributed by atoms with Gasteiger partial charge < -0.3 is 30.5 Å². The molecule has 0 radical (unpaired) electrons. The highest BCUT2D eigenvalue weighted by atomic mass is 32.2. The fourth-order valence-corrected chi connectivity index (χ4v) is 14.1. The van der Waals surface area contributed by atoms with Gasteiger partial charge in [0, 0.05) is 57.2 Å². The van der Waals surface area contributed by atoms with E-state index in [0.717, 1.165) is 36.4 Å². The number of hydrogen-bond donors (Lipinski definition) is 12. The molecule has 37 nitrogen and oxygen atoms in total. The standard InChI is InChI=1S/C62H47N11O26S7/c1-31-20-47(50(95-18-7-19-100-98-96-78)30-46(31)67-69-48-27-38(102(80,81)82)23-34-24-39(103(83,84)85)28-49(74)55(34)48)68-73-58-53(105(89,90)91)26-33-22-37(13-15-41(33)61(58)76)64-70-56-43-29-54(106(92,93)94)59(62(77)42(43)16-17-45(56)63-35-8-3-2-4-9-35)72-65-36-12-14-40-32(21-36)25-51(101-99-97-79)57(60(40)75)71-66-44-10-5-6-11-52(44)104(86,87)88/h2-6,8-17,20-30,63,74-79H,7,18-19H2,1H3,(H,80,81,82)(H,83,84,85)(H,86,87,88)(H,89,90,91)(H,92,93,94). The summed E-state index contributed by atoms with van der Waals surface area (Å²) in [6.07, 6.45) is 0.192. The number of nitrogens with zero attached hydrogens (tertiary/aromatic N) is 10. The first-order chi connectivity index (χ1) is 50.2. The molecule has 106 heavy (non-hydrogen) atoms. The molecule has 0 atom stereocenters. The van der Waals surface area contributed by atoms with E-state index < -0.39 is 115 Å². The first kappa shape index (κ1) is 76.4. The fourth-order valence-electron chi connectivity index (χ4n) is 10.3. The van der Waals surface area contributed by atoms with Gasteiger partial charge in [0.25, 0.3) is 50.6 Å². The predicted octanol–water partition coefficient (Wildman–Crippen LogP) is 16.8. The molecule has 0 aliphatic heterocycles. The van der Waals surface area contributed by atoms with Gasteiger partial charge in [0.15, 0.2) is 17.2 Å². The summed E-state index contributed by atoms with van der Waals surface area (Å²) in [4.78, 5) is -4.34. The van der Waals surface area contributed by atoms with Crippen molar-refractivity contribution in [3.8, 4) is 28.7 Å². The van der Waals surface area contributed by atoms with Gasteiger partial charge in [-0.05, 0) is 150 Å². The monoisotopic (exact) mass is 1590 g/mol. The van der Waals surface area contributed by atoms with Crippen LogP contribution in [0.3, 0.4) is 0 Å². The number of aromatic hydroxyl groups is 4. The first-order valence-corrected chi connectivity index (χ1v) is 38.2. The van der Waals surface area contributed by atoms with Gasteiger partial charge in [0.2, 0.25) is 0 Å². The SMILES string of the molecule is Cc1cc(N=Nc2c(S(=O)(=O)O)cc3cc(N=Nc4c(Nc5ccccc5)ccc5c(O)c(N=Nc6ccc7c(O)c(N=Nc8ccccc8S(=O)(=O)O)c(SOOO)cc7c6)c(S(=O)(=O)O)cc45)ccc3c2O)c(OCCCSOOO)cc1N=Nc1cc(S(=O)(=O)O)cc2cc(S(=O)(=O)O)cc(O)c12. The molecule has 11 aromatic rings. The van der Waals surface area contributed by atoms with Crippen molar-refractivity contribution in [2.45, 2.75) is 42.7 Å². The summed E-state index contributed by atoms with van der Waals surface area (Å²) in [5.74, 6) is -3.08. The van der Waals surface area contributed by atoms with E-state index in [1.165, 1.54) is 91.9 Å². The van der Waals surface area contributed by atoms with Crippen LogP contribution in [0.1, 0.15) is 12.0 Å². The van der Waals surface area contributed by atoms with Crippen molar-refractivity contribution in [2.24, 2.45) is 51.1 Å². The topological polar surface area (TPSA) is 575 Å². The van der Waals surface area contributed by atoms with Crippen LogP contribution < -0.4 is 10.1 Å². The van der Waals surface area contributed by atoms with Gasteiger partial charge in [0.1, 0.15) is 60.3 Å². The molecule has 0 saturated heterocycles. The summed E-state index contributed by atoms with van der Waals surface area (Å²) >= 11 is 1.01. The molecule has 0 spiro atoms. The van der Waals surface area contributed by atoms with Crippen molar-refractivity contribution < 1.29 is 119 Å². The van der Waals surface area contributed by atoms with Crippen molar-refractivity contribution in [1.82, 2.24) is 0 Å². The quantitative estimate of drug-likeness (QED) is 0.00568. The number of aryl methyl sites for hydroxylation is 1. The summed E-state index contributed by atoms with van der Waals surface area (Å²) in [7, 11) is -25.4. The van der Waals surface area contributed by atoms with Gasteiger partial charge in [-0.2, -0.15) is 57.4 Å². The second-order valence-corrected chi connectivity index (χ2v) is 30.4. The van der Waals surface area contributed by atoms with Crippen molar-refractivity contribution >= 4 is 186 Å². The molecule has 12 N–H and O–H groups in total. The third-order valence-corrected chi connectivity index (χ3v) is 20.6. The molecule has 0 aliphatic carbocycles. The maximum atomic E-state index is 13.4. The number of hydrogen-bond acceptors (Lipinski definition) is 34. The van der Waals surface area contributed by atoms with E-state index in [1.54, 1.807) is 30.3 Å². The molecule has 0 amide bonds. The van der Waals surface area contributed by atoms with Crippen LogP contribution in [-0.4, -0.2) is 108 Å². The molecule has 0 unspecified atom stereocenters. The highest BCUT2D eigenvalue weighted by molar-refractivity contribution is 7.95. The number of phenolic OH excluding ortho intramolecular Hbond substituents is 4. The van der Waals surface area contributed by atoms with Crippen LogP contribution >= 0.6 is 24.1 Å². The predicted molar refractivity (Wildman–Crippen MR) is 378 cm³/mol. The molecule has 0 heterocycles. The van der Waals surface area contributed by atoms with Gasteiger partial charge in [-0.15, -0.1) is 44.5 Å². The Labute approximate surface area is 605 Å². The first-order valence-electron chi connectivity index (χ1n) is 29.3. The van der Waals surface area contributed by atoms with Crippen LogP contribution in [0, 0.1) is 6.92 Å². The smallest absolute Gasteiger partial charge is 0.296 e. The molecule has 11 aromatic carbocycles. The van der Waals surface area contributed by atoms with E-state index in [0.29, 0.717) is 35.8 Å². The summed E-state index contributed by atoms with van der Waals surface area (Å²) in [5.41, 5.74) is -2.39. The lowest BCUT2D eigenvalue weighted by molar-refractivity contribution is -0.432. The summed E-state index contributed by atoms with van der Waals surface area (Å²) in [5, 5.41) is 115. The molecular formula is C62H47N11O26S7. The second kappa shape index (κ2) is 31.1. The average molecular weight is 1590 g/mol. The molecule has 0 fully saturated rings. The van der Waals surface area contributed by atoms with Crippen molar-refractivity contribution in [3.63, 3.8) is 0 Å². The minimum Gasteiger partial charge on any atom is -0.507 e. The van der Waals surface area contributed by atoms with Gasteiger partial charge >= 0.3 is 0 Å². The third kappa shape index (κ3) is 17.3. The summed E-state index contributed by atoms with van der Waals surface area (Å²) in [6, 6.07) is 32.8. The Hall–Kier alpha value is -10.7. The van der Waals surface area contributed by atoms with Crippen molar-refractivity contribution in [3.05, 3.63) is 163 Å². The number of azo groups is 5. The van der Waals surface area contributed by atoms with Crippen molar-refractivity contribution in [1.29, 1.82) is 0 Å². The Kier molecular flexibility index (Phi) is 22.4. The number of nitrogens with one attached hydrogen (secondary N) is 1. The fraction of sp³-hybridized carbons (Fsp3) is 0.0645. The van der Waals surface area contributed by atoms with Gasteiger partial charge in [0.05, 0.1) is 67.2 Å². The molecular weight excluding hydrogens is 1540 g/mol. The number of para-hydroxylation sites is 1. The zero-order valence-corrected chi connectivity index (χ0v) is 58.7. The highest BCUT2D eigenvalue weighted by Gasteiger charge is 2.28. The highest BCUT2D eigenvalue weighted by Crippen LogP contribution is 2.51. The maximum Gasteiger partial charge on any atom is 0.296 e. The zero-order valence-electron chi connectivity index (χ0n) is 53.0. The Morgan fingerprint density at radius 2 is 0.953 bits per heavy atom. The molecule has 44 heteroatoms. The normalized spacial score (nSPS) is 12.8. The lowest BCUT2D eigenvalue weighted by atomic mass is 10.0. The van der Waals surface area contributed by atoms with Crippen LogP contribution in [0.25, 0.3) is 43.1 Å². The molecule has 0 bridgehead atoms. The summed E-state index contributed by atoms with van der Waals surface area (Å²) in [6.45, 7) is 1.33. The average Bonchev–Trinajstić information content (AvgIpc) is 0.755.